The summed E-state index contributed by atoms with van der Waals surface area (Å²) in [7, 11) is -2.36. The Hall–Kier alpha value is -2.78. The molecule has 6 heteroatoms. The Bertz CT molecular complexity index is 897. The minimum Gasteiger partial charge on any atom is -0.493 e. The second-order valence-electron chi connectivity index (χ2n) is 5.20. The van der Waals surface area contributed by atoms with Crippen molar-refractivity contribution in [1.29, 1.82) is 5.26 Å². The third-order valence-electron chi connectivity index (χ3n) is 3.40. The van der Waals surface area contributed by atoms with Crippen LogP contribution in [0.4, 0.5) is 0 Å². The maximum atomic E-state index is 12.6. The fourth-order valence-electron chi connectivity index (χ4n) is 2.15. The maximum absolute atomic E-state index is 12.6. The van der Waals surface area contributed by atoms with E-state index in [-0.39, 0.29) is 9.80 Å². The molecule has 2 aromatic carbocycles. The molecule has 0 aromatic heterocycles. The van der Waals surface area contributed by atoms with Gasteiger partial charge in [0.05, 0.1) is 18.6 Å². The van der Waals surface area contributed by atoms with Gasteiger partial charge in [0.1, 0.15) is 11.0 Å². The zero-order valence-electron chi connectivity index (χ0n) is 14.1. The standard InChI is InChI=1S/C19H19NO4S/c1-3-11-24-18-10-9-15(13-19(18)23-2)12-17(14-20)25(21,22)16-7-5-4-6-8-16/h4-10,12-13H,3,11H2,1-2H3/b17-12-. The molecule has 0 heterocycles. The van der Waals surface area contributed by atoms with Gasteiger partial charge in [-0.05, 0) is 42.3 Å². The number of ether oxygens (including phenoxy) is 2. The number of rotatable bonds is 7. The number of hydrogen-bond donors (Lipinski definition) is 0. The summed E-state index contributed by atoms with van der Waals surface area (Å²) in [5.74, 6) is 1.06. The van der Waals surface area contributed by atoms with Gasteiger partial charge in [0, 0.05) is 0 Å². The number of nitrogens with zero attached hydrogens (tertiary/aromatic N) is 1. The van der Waals surface area contributed by atoms with Crippen LogP contribution in [0.2, 0.25) is 0 Å². The van der Waals surface area contributed by atoms with Gasteiger partial charge < -0.3 is 9.47 Å². The van der Waals surface area contributed by atoms with Crippen molar-refractivity contribution in [1.82, 2.24) is 0 Å². The molecule has 0 unspecified atom stereocenters. The molecule has 2 rings (SSSR count). The summed E-state index contributed by atoms with van der Waals surface area (Å²) in [5.41, 5.74) is 0.539. The largest absolute Gasteiger partial charge is 0.493 e. The molecule has 0 amide bonds. The molecule has 25 heavy (non-hydrogen) atoms. The SMILES string of the molecule is CCCOc1ccc(/C=C(/C#N)S(=O)(=O)c2ccccc2)cc1OC. The predicted octanol–water partition coefficient (Wildman–Crippen LogP) is 3.82. The lowest BCUT2D eigenvalue weighted by molar-refractivity contribution is 0.294. The molecule has 0 saturated carbocycles. The molecule has 5 nitrogen and oxygen atoms in total. The molecule has 0 radical (unpaired) electrons. The molecule has 0 saturated heterocycles. The Morgan fingerprint density at radius 3 is 2.48 bits per heavy atom. The van der Waals surface area contributed by atoms with Gasteiger partial charge in [0.2, 0.25) is 9.84 Å². The summed E-state index contributed by atoms with van der Waals surface area (Å²) in [6, 6.07) is 14.7. The Morgan fingerprint density at radius 1 is 1.16 bits per heavy atom. The Kier molecular flexibility index (Phi) is 6.20. The van der Waals surface area contributed by atoms with Crippen LogP contribution in [0, 0.1) is 11.3 Å². The van der Waals surface area contributed by atoms with Crippen molar-refractivity contribution in [2.45, 2.75) is 18.2 Å². The van der Waals surface area contributed by atoms with Gasteiger partial charge in [-0.15, -0.1) is 0 Å². The molecule has 0 aliphatic heterocycles. The van der Waals surface area contributed by atoms with Gasteiger partial charge >= 0.3 is 0 Å². The van der Waals surface area contributed by atoms with Crippen molar-refractivity contribution in [3.05, 3.63) is 59.0 Å². The van der Waals surface area contributed by atoms with E-state index in [1.54, 1.807) is 42.5 Å². The van der Waals surface area contributed by atoms with E-state index >= 15 is 0 Å². The number of hydrogen-bond acceptors (Lipinski definition) is 5. The third kappa shape index (κ3) is 4.40. The number of methoxy groups -OCH3 is 1. The molecule has 0 atom stereocenters. The van der Waals surface area contributed by atoms with Crippen molar-refractivity contribution < 1.29 is 17.9 Å². The first kappa shape index (κ1) is 18.6. The lowest BCUT2D eigenvalue weighted by Crippen LogP contribution is -2.03. The van der Waals surface area contributed by atoms with E-state index in [0.717, 1.165) is 6.42 Å². The highest BCUT2D eigenvalue weighted by Crippen LogP contribution is 2.30. The van der Waals surface area contributed by atoms with Crippen LogP contribution in [0.1, 0.15) is 18.9 Å². The second-order valence-corrected chi connectivity index (χ2v) is 7.11. The van der Waals surface area contributed by atoms with Crippen molar-refractivity contribution in [2.24, 2.45) is 0 Å². The highest BCUT2D eigenvalue weighted by Gasteiger charge is 2.20. The van der Waals surface area contributed by atoms with E-state index in [1.807, 2.05) is 6.92 Å². The van der Waals surface area contributed by atoms with Crippen molar-refractivity contribution in [3.8, 4) is 17.6 Å². The summed E-state index contributed by atoms with van der Waals surface area (Å²) in [5, 5.41) is 9.33. The van der Waals surface area contributed by atoms with Gasteiger partial charge in [-0.25, -0.2) is 8.42 Å². The van der Waals surface area contributed by atoms with Crippen LogP contribution in [-0.4, -0.2) is 22.1 Å². The van der Waals surface area contributed by atoms with Crippen LogP contribution in [0.25, 0.3) is 6.08 Å². The molecule has 0 spiro atoms. The minimum atomic E-state index is -3.87. The highest BCUT2D eigenvalue weighted by atomic mass is 32.2. The van der Waals surface area contributed by atoms with Gasteiger partial charge in [-0.3, -0.25) is 0 Å². The monoisotopic (exact) mass is 357 g/mol. The van der Waals surface area contributed by atoms with Gasteiger partial charge in [-0.1, -0.05) is 31.2 Å². The molecular formula is C19H19NO4S. The van der Waals surface area contributed by atoms with Crippen LogP contribution in [-0.2, 0) is 9.84 Å². The van der Waals surface area contributed by atoms with E-state index in [4.69, 9.17) is 9.47 Å². The topological polar surface area (TPSA) is 76.4 Å². The summed E-state index contributed by atoms with van der Waals surface area (Å²) in [6.07, 6.45) is 2.19. The van der Waals surface area contributed by atoms with E-state index < -0.39 is 9.84 Å². The third-order valence-corrected chi connectivity index (χ3v) is 5.08. The number of benzene rings is 2. The molecular weight excluding hydrogens is 338 g/mol. The van der Waals surface area contributed by atoms with Crippen LogP contribution in [0.15, 0.2) is 58.3 Å². The average molecular weight is 357 g/mol. The first-order valence-electron chi connectivity index (χ1n) is 7.75. The van der Waals surface area contributed by atoms with E-state index in [9.17, 15) is 13.7 Å². The maximum Gasteiger partial charge on any atom is 0.216 e. The lowest BCUT2D eigenvalue weighted by atomic mass is 10.2. The smallest absolute Gasteiger partial charge is 0.216 e. The zero-order valence-corrected chi connectivity index (χ0v) is 14.9. The molecule has 0 fully saturated rings. The lowest BCUT2D eigenvalue weighted by Gasteiger charge is -2.10. The fraction of sp³-hybridized carbons (Fsp3) is 0.211. The van der Waals surface area contributed by atoms with Gasteiger partial charge in [0.25, 0.3) is 0 Å². The van der Waals surface area contributed by atoms with E-state index in [1.165, 1.54) is 25.3 Å². The molecule has 0 bridgehead atoms. The predicted molar refractivity (Wildman–Crippen MR) is 96.0 cm³/mol. The van der Waals surface area contributed by atoms with Crippen molar-refractivity contribution in [3.63, 3.8) is 0 Å². The van der Waals surface area contributed by atoms with E-state index in [0.29, 0.717) is 23.7 Å². The number of nitriles is 1. The summed E-state index contributed by atoms with van der Waals surface area (Å²) < 4.78 is 36.0. The van der Waals surface area contributed by atoms with Crippen LogP contribution in [0.3, 0.4) is 0 Å². The molecule has 130 valence electrons. The van der Waals surface area contributed by atoms with Crippen molar-refractivity contribution in [2.75, 3.05) is 13.7 Å². The van der Waals surface area contributed by atoms with E-state index in [2.05, 4.69) is 0 Å². The summed E-state index contributed by atoms with van der Waals surface area (Å²) in [6.45, 7) is 2.55. The first-order valence-corrected chi connectivity index (χ1v) is 9.24. The summed E-state index contributed by atoms with van der Waals surface area (Å²) in [4.78, 5) is -0.249. The minimum absolute atomic E-state index is 0.0812. The Morgan fingerprint density at radius 2 is 1.88 bits per heavy atom. The van der Waals surface area contributed by atoms with Crippen LogP contribution < -0.4 is 9.47 Å². The number of sulfone groups is 1. The Balaban J connectivity index is 2.42. The summed E-state index contributed by atoms with van der Waals surface area (Å²) >= 11 is 0. The second kappa shape index (κ2) is 8.36. The number of allylic oxidation sites excluding steroid dienone is 1. The normalized spacial score (nSPS) is 11.6. The fourth-order valence-corrected chi connectivity index (χ4v) is 3.33. The quantitative estimate of drug-likeness (QED) is 0.704. The Labute approximate surface area is 148 Å². The first-order chi connectivity index (χ1) is 12.0. The van der Waals surface area contributed by atoms with Crippen molar-refractivity contribution >= 4 is 15.9 Å². The zero-order chi connectivity index (χ0) is 18.3. The van der Waals surface area contributed by atoms with Gasteiger partial charge in [-0.2, -0.15) is 5.26 Å². The van der Waals surface area contributed by atoms with Crippen LogP contribution in [0.5, 0.6) is 11.5 Å². The molecule has 2 aromatic rings. The average Bonchev–Trinajstić information content (AvgIpc) is 2.65. The van der Waals surface area contributed by atoms with Gasteiger partial charge in [0.15, 0.2) is 11.5 Å². The van der Waals surface area contributed by atoms with Crippen LogP contribution >= 0.6 is 0 Å². The highest BCUT2D eigenvalue weighted by molar-refractivity contribution is 7.95. The molecule has 0 aliphatic rings. The molecule has 0 N–H and O–H groups in total. The molecule has 0 aliphatic carbocycles.